The van der Waals surface area contributed by atoms with Crippen molar-refractivity contribution >= 4 is 17.5 Å². The molecule has 192 valence electrons. The lowest BCUT2D eigenvalue weighted by Crippen LogP contribution is -2.55. The molecule has 0 saturated carbocycles. The number of halogens is 1. The van der Waals surface area contributed by atoms with Gasteiger partial charge in [0.25, 0.3) is 11.8 Å². The third-order valence-corrected chi connectivity index (χ3v) is 5.79. The van der Waals surface area contributed by atoms with Gasteiger partial charge in [-0.05, 0) is 29.8 Å². The summed E-state index contributed by atoms with van der Waals surface area (Å²) in [5, 5.41) is 23.1. The normalized spacial score (nSPS) is 14.9. The highest BCUT2D eigenvalue weighted by Gasteiger charge is 2.34. The Morgan fingerprint density at radius 1 is 1.03 bits per heavy atom. The predicted molar refractivity (Wildman–Crippen MR) is 134 cm³/mol. The number of rotatable bonds is 9. The molecule has 2 atom stereocenters. The highest BCUT2D eigenvalue weighted by atomic mass is 19.1. The zero-order chi connectivity index (χ0) is 25.9. The fourth-order valence-electron chi connectivity index (χ4n) is 3.77. The Balaban J connectivity index is 1.43. The second-order valence-electron chi connectivity index (χ2n) is 8.32. The summed E-state index contributed by atoms with van der Waals surface area (Å²) >= 11 is 0. The van der Waals surface area contributed by atoms with Gasteiger partial charge in [-0.3, -0.25) is 9.59 Å². The summed E-state index contributed by atoms with van der Waals surface area (Å²) in [7, 11) is 0. The molecule has 1 aliphatic heterocycles. The van der Waals surface area contributed by atoms with Crippen molar-refractivity contribution in [2.45, 2.75) is 38.5 Å². The van der Waals surface area contributed by atoms with Crippen LogP contribution in [-0.4, -0.2) is 71.9 Å². The molecule has 0 unspecified atom stereocenters. The van der Waals surface area contributed by atoms with Gasteiger partial charge in [-0.15, -0.1) is 5.92 Å². The molecule has 0 bridgehead atoms. The molecule has 36 heavy (non-hydrogen) atoms. The smallest absolute Gasteiger partial charge is 0.254 e. The third-order valence-electron chi connectivity index (χ3n) is 5.79. The van der Waals surface area contributed by atoms with Gasteiger partial charge < -0.3 is 30.1 Å². The molecule has 2 amide bonds. The number of piperazine rings is 1. The molecule has 1 fully saturated rings. The Bertz CT molecular complexity index is 1070. The molecule has 3 N–H and O–H groups in total. The number of amides is 2. The minimum atomic E-state index is -1.91. The maximum atomic E-state index is 14.0. The first kappa shape index (κ1) is 27.0. The van der Waals surface area contributed by atoms with E-state index in [0.717, 1.165) is 12.0 Å². The van der Waals surface area contributed by atoms with Crippen LogP contribution < -0.4 is 15.0 Å². The summed E-state index contributed by atoms with van der Waals surface area (Å²) in [4.78, 5) is 28.1. The van der Waals surface area contributed by atoms with Crippen LogP contribution in [0.4, 0.5) is 10.1 Å². The fourth-order valence-corrected chi connectivity index (χ4v) is 3.77. The second-order valence-corrected chi connectivity index (χ2v) is 8.32. The van der Waals surface area contributed by atoms with E-state index in [0.29, 0.717) is 37.6 Å². The Hall–Kier alpha value is -3.61. The summed E-state index contributed by atoms with van der Waals surface area (Å²) in [5.74, 6) is 4.72. The van der Waals surface area contributed by atoms with E-state index >= 15 is 0 Å². The molecular weight excluding hydrogens is 465 g/mol. The van der Waals surface area contributed by atoms with Gasteiger partial charge in [-0.1, -0.05) is 37.1 Å². The first-order valence-corrected chi connectivity index (χ1v) is 12.0. The topological polar surface area (TPSA) is 102 Å². The molecule has 0 aliphatic carbocycles. The number of benzene rings is 2. The molecular formula is C27H32FN3O5. The number of carbonyl (C=O) groups excluding carboxylic acids is 2. The lowest BCUT2D eigenvalue weighted by atomic mass is 10.1. The van der Waals surface area contributed by atoms with Crippen molar-refractivity contribution in [3.8, 4) is 17.6 Å². The molecule has 2 aromatic carbocycles. The van der Waals surface area contributed by atoms with Crippen molar-refractivity contribution in [3.05, 3.63) is 59.9 Å². The van der Waals surface area contributed by atoms with Gasteiger partial charge in [0.05, 0.1) is 12.3 Å². The summed E-state index contributed by atoms with van der Waals surface area (Å²) in [6.45, 7) is 3.79. The van der Waals surface area contributed by atoms with Gasteiger partial charge in [0, 0.05) is 45.6 Å². The summed E-state index contributed by atoms with van der Waals surface area (Å²) < 4.78 is 19.6. The van der Waals surface area contributed by atoms with Gasteiger partial charge in [0.1, 0.15) is 11.6 Å². The molecule has 0 aromatic heterocycles. The largest absolute Gasteiger partial charge is 0.493 e. The van der Waals surface area contributed by atoms with Crippen molar-refractivity contribution < 1.29 is 28.9 Å². The zero-order valence-electron chi connectivity index (χ0n) is 20.3. The molecule has 1 heterocycles. The van der Waals surface area contributed by atoms with Gasteiger partial charge in [-0.25, -0.2) is 4.39 Å². The van der Waals surface area contributed by atoms with Gasteiger partial charge in [-0.2, -0.15) is 0 Å². The van der Waals surface area contributed by atoms with E-state index in [4.69, 9.17) is 4.74 Å². The van der Waals surface area contributed by atoms with Crippen LogP contribution in [0.2, 0.25) is 0 Å². The first-order valence-electron chi connectivity index (χ1n) is 12.0. The number of hydrogen-bond acceptors (Lipinski definition) is 6. The number of hydrogen-bond donors (Lipinski definition) is 3. The predicted octanol–water partition coefficient (Wildman–Crippen LogP) is 1.69. The minimum absolute atomic E-state index is 0.111. The van der Waals surface area contributed by atoms with Crippen LogP contribution in [0.3, 0.4) is 0 Å². The minimum Gasteiger partial charge on any atom is -0.493 e. The number of anilines is 1. The van der Waals surface area contributed by atoms with E-state index in [1.165, 1.54) is 11.0 Å². The number of para-hydroxylation sites is 1. The summed E-state index contributed by atoms with van der Waals surface area (Å²) in [6, 6.07) is 13.5. The van der Waals surface area contributed by atoms with E-state index < -0.39 is 24.0 Å². The van der Waals surface area contributed by atoms with Crippen molar-refractivity contribution in [3.63, 3.8) is 0 Å². The molecule has 1 aliphatic rings. The first-order chi connectivity index (χ1) is 17.4. The summed E-state index contributed by atoms with van der Waals surface area (Å²) in [5.41, 5.74) is 1.21. The average molecular weight is 498 g/mol. The van der Waals surface area contributed by atoms with E-state index in [2.05, 4.69) is 17.2 Å². The Morgan fingerprint density at radius 3 is 2.39 bits per heavy atom. The van der Waals surface area contributed by atoms with Gasteiger partial charge in [0.2, 0.25) is 0 Å². The van der Waals surface area contributed by atoms with Crippen LogP contribution in [0.5, 0.6) is 5.75 Å². The summed E-state index contributed by atoms with van der Waals surface area (Å²) in [6.07, 6.45) is -2.34. The average Bonchev–Trinajstić information content (AvgIpc) is 2.91. The highest BCUT2D eigenvalue weighted by Crippen LogP contribution is 2.20. The fraction of sp³-hybridized carbons (Fsp3) is 0.407. The highest BCUT2D eigenvalue weighted by molar-refractivity contribution is 5.90. The van der Waals surface area contributed by atoms with Crippen LogP contribution in [-0.2, 0) is 16.1 Å². The lowest BCUT2D eigenvalue weighted by Gasteiger charge is -2.37. The maximum Gasteiger partial charge on any atom is 0.254 e. The Morgan fingerprint density at radius 2 is 1.72 bits per heavy atom. The number of aliphatic hydroxyl groups excluding tert-OH is 2. The quantitative estimate of drug-likeness (QED) is 0.360. The number of carbonyl (C=O) groups is 2. The lowest BCUT2D eigenvalue weighted by molar-refractivity contribution is -0.153. The Labute approximate surface area is 210 Å². The van der Waals surface area contributed by atoms with Crippen LogP contribution in [0.1, 0.15) is 25.3 Å². The number of ether oxygens (including phenoxy) is 1. The standard InChI is InChI=1S/C27H32FN3O5/c1-2-3-4-7-18-36-21-12-10-20(11-13-21)19-29-26(34)24(32)25(33)27(35)31-16-14-30(15-17-31)23-9-6-5-8-22(23)28/h5-6,8-13,24-25,32-33H,2,7,14-19H2,1H3,(H,29,34)/t24-,25-/m1/s1. The Kier molecular flexibility index (Phi) is 10.1. The molecule has 1 saturated heterocycles. The second kappa shape index (κ2) is 13.5. The van der Waals surface area contributed by atoms with Crippen LogP contribution >= 0.6 is 0 Å². The maximum absolute atomic E-state index is 14.0. The van der Waals surface area contributed by atoms with E-state index in [1.807, 2.05) is 11.8 Å². The molecule has 8 nitrogen and oxygen atoms in total. The molecule has 0 spiro atoms. The zero-order valence-corrected chi connectivity index (χ0v) is 20.3. The molecule has 0 radical (unpaired) electrons. The van der Waals surface area contributed by atoms with E-state index in [-0.39, 0.29) is 25.5 Å². The van der Waals surface area contributed by atoms with Crippen molar-refractivity contribution in [1.82, 2.24) is 10.2 Å². The SMILES string of the molecule is CCC#CCCOc1ccc(CNC(=O)[C@H](O)[C@@H](O)C(=O)N2CCN(c3ccccc3F)CC2)cc1. The van der Waals surface area contributed by atoms with Crippen molar-refractivity contribution in [1.29, 1.82) is 0 Å². The van der Waals surface area contributed by atoms with Crippen LogP contribution in [0, 0.1) is 17.7 Å². The molecule has 3 rings (SSSR count). The van der Waals surface area contributed by atoms with Gasteiger partial charge >= 0.3 is 0 Å². The van der Waals surface area contributed by atoms with E-state index in [9.17, 15) is 24.2 Å². The number of aliphatic hydroxyl groups is 2. The number of nitrogens with zero attached hydrogens (tertiary/aromatic N) is 2. The van der Waals surface area contributed by atoms with Crippen molar-refractivity contribution in [2.24, 2.45) is 0 Å². The molecule has 2 aromatic rings. The third kappa shape index (κ3) is 7.44. The number of nitrogens with one attached hydrogen (secondary N) is 1. The monoisotopic (exact) mass is 497 g/mol. The van der Waals surface area contributed by atoms with Crippen LogP contribution in [0.15, 0.2) is 48.5 Å². The van der Waals surface area contributed by atoms with Crippen LogP contribution in [0.25, 0.3) is 0 Å². The van der Waals surface area contributed by atoms with Gasteiger partial charge in [0.15, 0.2) is 12.2 Å². The van der Waals surface area contributed by atoms with Crippen molar-refractivity contribution in [2.75, 3.05) is 37.7 Å². The van der Waals surface area contributed by atoms with E-state index in [1.54, 1.807) is 42.5 Å². The molecule has 9 heteroatoms.